The van der Waals surface area contributed by atoms with E-state index in [0.29, 0.717) is 17.3 Å². The number of pyridine rings is 2. The maximum absolute atomic E-state index is 12.2. The lowest BCUT2D eigenvalue weighted by atomic mass is 9.89. The number of anilines is 1. The van der Waals surface area contributed by atoms with Gasteiger partial charge in [0.25, 0.3) is 5.91 Å². The summed E-state index contributed by atoms with van der Waals surface area (Å²) in [6.07, 6.45) is 5.76. The normalized spacial score (nSPS) is 14.8. The number of hydrogen-bond acceptors (Lipinski definition) is 6. The van der Waals surface area contributed by atoms with Crippen LogP contribution in [0.5, 0.6) is 0 Å². The number of carbonyl (C=O) groups excluding carboxylic acids is 1. The number of nitrogen functional groups attached to an aromatic ring is 1. The SMILES string of the molecule is CN(C)C(=O)c1ccc(C2CCN(Cc3cc4c(-c5cnc(N)c(CO)c5)ccnc4n3C)CC2)cc1. The van der Waals surface area contributed by atoms with Gasteiger partial charge in [-0.25, -0.2) is 9.97 Å². The van der Waals surface area contributed by atoms with Crippen LogP contribution in [-0.4, -0.2) is 62.5 Å². The third kappa shape index (κ3) is 4.95. The molecule has 3 aromatic heterocycles. The molecule has 37 heavy (non-hydrogen) atoms. The minimum Gasteiger partial charge on any atom is -0.392 e. The second kappa shape index (κ2) is 10.3. The lowest BCUT2D eigenvalue weighted by Gasteiger charge is -2.32. The van der Waals surface area contributed by atoms with E-state index in [-0.39, 0.29) is 12.5 Å². The molecule has 0 aliphatic carbocycles. The predicted molar refractivity (Wildman–Crippen MR) is 146 cm³/mol. The van der Waals surface area contributed by atoms with Crippen molar-refractivity contribution in [3.05, 3.63) is 77.2 Å². The molecule has 4 aromatic rings. The summed E-state index contributed by atoms with van der Waals surface area (Å²) < 4.78 is 2.17. The molecule has 1 amide bonds. The summed E-state index contributed by atoms with van der Waals surface area (Å²) in [7, 11) is 5.62. The van der Waals surface area contributed by atoms with E-state index in [1.807, 2.05) is 30.5 Å². The van der Waals surface area contributed by atoms with Crippen LogP contribution in [0.15, 0.2) is 54.9 Å². The van der Waals surface area contributed by atoms with Crippen LogP contribution >= 0.6 is 0 Å². The van der Waals surface area contributed by atoms with Crippen molar-refractivity contribution in [3.8, 4) is 11.1 Å². The van der Waals surface area contributed by atoms with Crippen LogP contribution in [-0.2, 0) is 20.2 Å². The van der Waals surface area contributed by atoms with Crippen LogP contribution in [0.1, 0.15) is 45.9 Å². The summed E-state index contributed by atoms with van der Waals surface area (Å²) in [5.41, 5.74) is 12.7. The van der Waals surface area contributed by atoms with E-state index in [4.69, 9.17) is 5.73 Å². The summed E-state index contributed by atoms with van der Waals surface area (Å²) in [6.45, 7) is 2.76. The van der Waals surface area contributed by atoms with Crippen molar-refractivity contribution in [2.24, 2.45) is 7.05 Å². The van der Waals surface area contributed by atoms with Gasteiger partial charge in [0.15, 0.2) is 0 Å². The fraction of sp³-hybridized carbons (Fsp3) is 0.345. The van der Waals surface area contributed by atoms with Gasteiger partial charge in [0.05, 0.1) is 6.61 Å². The summed E-state index contributed by atoms with van der Waals surface area (Å²) in [5, 5.41) is 10.7. The van der Waals surface area contributed by atoms with Gasteiger partial charge in [-0.2, -0.15) is 0 Å². The van der Waals surface area contributed by atoms with Crippen molar-refractivity contribution in [2.45, 2.75) is 31.9 Å². The van der Waals surface area contributed by atoms with E-state index in [1.165, 1.54) is 11.3 Å². The van der Waals surface area contributed by atoms with Crippen LogP contribution in [0.3, 0.4) is 0 Å². The zero-order valence-corrected chi connectivity index (χ0v) is 21.7. The molecule has 1 fully saturated rings. The number of benzene rings is 1. The Morgan fingerprint density at radius 3 is 2.51 bits per heavy atom. The number of hydrogen-bond donors (Lipinski definition) is 2. The first-order chi connectivity index (χ1) is 17.9. The molecule has 0 unspecified atom stereocenters. The molecule has 192 valence electrons. The van der Waals surface area contributed by atoms with Crippen molar-refractivity contribution < 1.29 is 9.90 Å². The lowest BCUT2D eigenvalue weighted by Crippen LogP contribution is -2.33. The first-order valence-corrected chi connectivity index (χ1v) is 12.7. The Kier molecular flexibility index (Phi) is 6.95. The average Bonchev–Trinajstić information content (AvgIpc) is 3.24. The highest BCUT2D eigenvalue weighted by Gasteiger charge is 2.23. The van der Waals surface area contributed by atoms with Gasteiger partial charge in [0.1, 0.15) is 11.5 Å². The molecule has 0 spiro atoms. The van der Waals surface area contributed by atoms with Crippen molar-refractivity contribution >= 4 is 22.8 Å². The van der Waals surface area contributed by atoms with E-state index < -0.39 is 0 Å². The molecular formula is C29H34N6O2. The number of aryl methyl sites for hydroxylation is 1. The zero-order chi connectivity index (χ0) is 26.1. The highest BCUT2D eigenvalue weighted by molar-refractivity contribution is 5.94. The van der Waals surface area contributed by atoms with Crippen molar-refractivity contribution in [3.63, 3.8) is 0 Å². The maximum Gasteiger partial charge on any atom is 0.253 e. The number of fused-ring (bicyclic) bond motifs is 1. The minimum atomic E-state index is -0.144. The second-order valence-corrected chi connectivity index (χ2v) is 10.1. The number of carbonyl (C=O) groups is 1. The van der Waals surface area contributed by atoms with E-state index in [0.717, 1.165) is 60.2 Å². The minimum absolute atomic E-state index is 0.0375. The molecule has 4 heterocycles. The van der Waals surface area contributed by atoms with Gasteiger partial charge in [0.2, 0.25) is 0 Å². The van der Waals surface area contributed by atoms with Crippen molar-refractivity contribution in [1.29, 1.82) is 0 Å². The Bertz CT molecular complexity index is 1420. The largest absolute Gasteiger partial charge is 0.392 e. The number of aliphatic hydroxyl groups is 1. The van der Waals surface area contributed by atoms with Gasteiger partial charge >= 0.3 is 0 Å². The molecule has 1 aliphatic rings. The number of aromatic nitrogens is 3. The van der Waals surface area contributed by atoms with Crippen LogP contribution in [0.4, 0.5) is 5.82 Å². The van der Waals surface area contributed by atoms with Gasteiger partial charge in [-0.1, -0.05) is 12.1 Å². The Morgan fingerprint density at radius 2 is 1.84 bits per heavy atom. The number of amides is 1. The van der Waals surface area contributed by atoms with Gasteiger partial charge in [-0.3, -0.25) is 9.69 Å². The van der Waals surface area contributed by atoms with Crippen LogP contribution in [0, 0.1) is 0 Å². The molecule has 1 saturated heterocycles. The van der Waals surface area contributed by atoms with Crippen LogP contribution in [0.25, 0.3) is 22.2 Å². The fourth-order valence-electron chi connectivity index (χ4n) is 5.28. The topological polar surface area (TPSA) is 101 Å². The number of nitrogens with two attached hydrogens (primary N) is 1. The summed E-state index contributed by atoms with van der Waals surface area (Å²) in [6, 6.07) is 14.2. The van der Waals surface area contributed by atoms with Gasteiger partial charge in [-0.05, 0) is 73.3 Å². The first kappa shape index (κ1) is 24.9. The molecule has 1 aromatic carbocycles. The maximum atomic E-state index is 12.2. The van der Waals surface area contributed by atoms with E-state index >= 15 is 0 Å². The average molecular weight is 499 g/mol. The molecule has 0 radical (unpaired) electrons. The monoisotopic (exact) mass is 498 g/mol. The third-order valence-corrected chi connectivity index (χ3v) is 7.52. The van der Waals surface area contributed by atoms with Crippen molar-refractivity contribution in [1.82, 2.24) is 24.3 Å². The first-order valence-electron chi connectivity index (χ1n) is 12.7. The zero-order valence-electron chi connectivity index (χ0n) is 21.7. The Labute approximate surface area is 217 Å². The second-order valence-electron chi connectivity index (χ2n) is 10.1. The lowest BCUT2D eigenvalue weighted by molar-refractivity contribution is 0.0827. The number of rotatable bonds is 6. The number of likely N-dealkylation sites (tertiary alicyclic amines) is 1. The Hall–Kier alpha value is -3.75. The number of piperidine rings is 1. The third-order valence-electron chi connectivity index (χ3n) is 7.52. The Morgan fingerprint density at radius 1 is 1.11 bits per heavy atom. The van der Waals surface area contributed by atoms with Gasteiger partial charge < -0.3 is 20.3 Å². The molecule has 8 nitrogen and oxygen atoms in total. The summed E-state index contributed by atoms with van der Waals surface area (Å²) >= 11 is 0. The number of nitrogens with zero attached hydrogens (tertiary/aromatic N) is 5. The molecule has 0 atom stereocenters. The molecule has 3 N–H and O–H groups in total. The predicted octanol–water partition coefficient (Wildman–Crippen LogP) is 3.79. The van der Waals surface area contributed by atoms with E-state index in [2.05, 4.69) is 44.7 Å². The Balaban J connectivity index is 1.30. The highest BCUT2D eigenvalue weighted by Crippen LogP contribution is 2.32. The molecule has 1 aliphatic heterocycles. The van der Waals surface area contributed by atoms with Gasteiger partial charge in [-0.15, -0.1) is 0 Å². The molecule has 5 rings (SSSR count). The number of aliphatic hydroxyl groups excluding tert-OH is 1. The van der Waals surface area contributed by atoms with Crippen molar-refractivity contribution in [2.75, 3.05) is 32.9 Å². The molecular weight excluding hydrogens is 464 g/mol. The van der Waals surface area contributed by atoms with Crippen LogP contribution < -0.4 is 5.73 Å². The quantitative estimate of drug-likeness (QED) is 0.420. The van der Waals surface area contributed by atoms with E-state index in [9.17, 15) is 9.90 Å². The smallest absolute Gasteiger partial charge is 0.253 e. The fourth-order valence-corrected chi connectivity index (χ4v) is 5.28. The standard InChI is InChI=1S/C29H34N6O2/c1-33(2)29(37)21-6-4-19(5-7-21)20-9-12-35(13-10-20)17-24-15-26-25(8-11-31-28(26)34(24)3)22-14-23(18-36)27(30)32-16-22/h4-8,11,14-16,20,36H,9-10,12-13,17-18H2,1-3H3,(H2,30,32). The summed E-state index contributed by atoms with van der Waals surface area (Å²) in [4.78, 5) is 25.2. The summed E-state index contributed by atoms with van der Waals surface area (Å²) in [5.74, 6) is 0.904. The highest BCUT2D eigenvalue weighted by atomic mass is 16.3. The molecule has 8 heteroatoms. The van der Waals surface area contributed by atoms with Gasteiger partial charge in [0, 0.05) is 67.9 Å². The molecule has 0 bridgehead atoms. The molecule has 0 saturated carbocycles. The van der Waals surface area contributed by atoms with Crippen LogP contribution in [0.2, 0.25) is 0 Å². The van der Waals surface area contributed by atoms with E-state index in [1.54, 1.807) is 25.2 Å².